The summed E-state index contributed by atoms with van der Waals surface area (Å²) >= 11 is 0. The first-order chi connectivity index (χ1) is 7.26. The maximum Gasteiger partial charge on any atom is 0.123 e. The van der Waals surface area contributed by atoms with Crippen molar-refractivity contribution in [3.8, 4) is 5.75 Å². The minimum Gasteiger partial charge on any atom is -0.490 e. The molecule has 1 saturated carbocycles. The minimum atomic E-state index is -0.212. The summed E-state index contributed by atoms with van der Waals surface area (Å²) < 4.78 is 18.4. The molecule has 0 radical (unpaired) electrons. The lowest BCUT2D eigenvalue weighted by Crippen LogP contribution is -2.62. The smallest absolute Gasteiger partial charge is 0.123 e. The van der Waals surface area contributed by atoms with Gasteiger partial charge in [-0.2, -0.15) is 0 Å². The average Bonchev–Trinajstić information content (AvgIpc) is 2.10. The van der Waals surface area contributed by atoms with E-state index < -0.39 is 0 Å². The van der Waals surface area contributed by atoms with E-state index in [0.717, 1.165) is 31.7 Å². The van der Waals surface area contributed by atoms with E-state index in [1.807, 2.05) is 0 Å². The summed E-state index contributed by atoms with van der Waals surface area (Å²) in [4.78, 5) is 0. The molecule has 1 heterocycles. The number of hydrogen-bond donors (Lipinski definition) is 1. The van der Waals surface area contributed by atoms with Crippen LogP contribution >= 0.6 is 0 Å². The van der Waals surface area contributed by atoms with Gasteiger partial charge in [0.1, 0.15) is 11.6 Å². The summed E-state index contributed by atoms with van der Waals surface area (Å²) in [6, 6.07) is 6.27. The molecular weight excluding hydrogens is 193 g/mol. The largest absolute Gasteiger partial charge is 0.490 e. The molecule has 0 aromatic heterocycles. The molecule has 2 nitrogen and oxygen atoms in total. The zero-order valence-electron chi connectivity index (χ0n) is 8.50. The Morgan fingerprint density at radius 1 is 1.20 bits per heavy atom. The molecule has 0 atom stereocenters. The van der Waals surface area contributed by atoms with Crippen LogP contribution in [0.25, 0.3) is 0 Å². The van der Waals surface area contributed by atoms with E-state index in [1.54, 1.807) is 12.1 Å². The molecule has 0 unspecified atom stereocenters. The Bertz CT molecular complexity index is 350. The first-order valence-electron chi connectivity index (χ1n) is 5.39. The molecule has 80 valence electrons. The van der Waals surface area contributed by atoms with Crippen LogP contribution in [0.4, 0.5) is 4.39 Å². The van der Waals surface area contributed by atoms with Crippen LogP contribution in [0, 0.1) is 11.2 Å². The quantitative estimate of drug-likeness (QED) is 0.800. The van der Waals surface area contributed by atoms with Gasteiger partial charge < -0.3 is 10.1 Å². The standard InChI is InChI=1S/C12H14FNO/c13-9-1-3-10(4-2-9)15-11-5-12(6-11)7-14-8-12/h1-4,11,14H,5-8H2. The van der Waals surface area contributed by atoms with E-state index in [0.29, 0.717) is 11.5 Å². The van der Waals surface area contributed by atoms with Gasteiger partial charge in [-0.3, -0.25) is 0 Å². The number of nitrogens with one attached hydrogen (secondary N) is 1. The summed E-state index contributed by atoms with van der Waals surface area (Å²) in [6.07, 6.45) is 2.60. The van der Waals surface area contributed by atoms with Gasteiger partial charge >= 0.3 is 0 Å². The summed E-state index contributed by atoms with van der Waals surface area (Å²) in [7, 11) is 0. The van der Waals surface area contributed by atoms with Crippen molar-refractivity contribution in [1.29, 1.82) is 0 Å². The van der Waals surface area contributed by atoms with E-state index in [-0.39, 0.29) is 5.82 Å². The van der Waals surface area contributed by atoms with Crippen LogP contribution in [-0.2, 0) is 0 Å². The van der Waals surface area contributed by atoms with Crippen molar-refractivity contribution in [2.24, 2.45) is 5.41 Å². The van der Waals surface area contributed by atoms with Crippen molar-refractivity contribution in [2.75, 3.05) is 13.1 Å². The van der Waals surface area contributed by atoms with Gasteiger partial charge in [0, 0.05) is 18.5 Å². The number of rotatable bonds is 2. The molecule has 1 spiro atoms. The molecular formula is C12H14FNO. The summed E-state index contributed by atoms with van der Waals surface area (Å²) in [6.45, 7) is 2.27. The normalized spacial score (nSPS) is 23.3. The number of halogens is 1. The molecule has 3 heteroatoms. The Hall–Kier alpha value is -1.09. The van der Waals surface area contributed by atoms with Gasteiger partial charge in [0.2, 0.25) is 0 Å². The topological polar surface area (TPSA) is 21.3 Å². The van der Waals surface area contributed by atoms with Crippen LogP contribution in [0.1, 0.15) is 12.8 Å². The monoisotopic (exact) mass is 207 g/mol. The maximum atomic E-state index is 12.6. The number of hydrogen-bond acceptors (Lipinski definition) is 2. The van der Waals surface area contributed by atoms with Crippen LogP contribution in [0.5, 0.6) is 5.75 Å². The van der Waals surface area contributed by atoms with Gasteiger partial charge in [-0.05, 0) is 37.1 Å². The zero-order valence-corrected chi connectivity index (χ0v) is 8.50. The van der Waals surface area contributed by atoms with Gasteiger partial charge in [-0.25, -0.2) is 4.39 Å². The number of ether oxygens (including phenoxy) is 1. The lowest BCUT2D eigenvalue weighted by molar-refractivity contribution is -0.0495. The van der Waals surface area contributed by atoms with Crippen LogP contribution in [0.15, 0.2) is 24.3 Å². The summed E-state index contributed by atoms with van der Waals surface area (Å²) in [5.41, 5.74) is 0.532. The van der Waals surface area contributed by atoms with Gasteiger partial charge in [-0.15, -0.1) is 0 Å². The van der Waals surface area contributed by atoms with E-state index in [2.05, 4.69) is 5.32 Å². The lowest BCUT2D eigenvalue weighted by Gasteiger charge is -2.53. The second kappa shape index (κ2) is 3.20. The zero-order chi connectivity index (χ0) is 10.3. The SMILES string of the molecule is Fc1ccc(OC2CC3(CNC3)C2)cc1. The van der Waals surface area contributed by atoms with Crippen LogP contribution in [0.3, 0.4) is 0 Å². The van der Waals surface area contributed by atoms with Gasteiger partial charge in [0.05, 0.1) is 6.10 Å². The second-order valence-electron chi connectivity index (χ2n) is 4.71. The summed E-state index contributed by atoms with van der Waals surface area (Å²) in [5, 5.41) is 3.29. The van der Waals surface area contributed by atoms with Crippen LogP contribution in [-0.4, -0.2) is 19.2 Å². The van der Waals surface area contributed by atoms with E-state index >= 15 is 0 Å². The Labute approximate surface area is 88.4 Å². The van der Waals surface area contributed by atoms with E-state index in [1.165, 1.54) is 12.1 Å². The highest BCUT2D eigenvalue weighted by Gasteiger charge is 2.49. The van der Waals surface area contributed by atoms with Crippen molar-refractivity contribution in [3.05, 3.63) is 30.1 Å². The molecule has 1 saturated heterocycles. The lowest BCUT2D eigenvalue weighted by atomic mass is 9.63. The molecule has 3 rings (SSSR count). The Balaban J connectivity index is 1.56. The minimum absolute atomic E-state index is 0.212. The van der Waals surface area contributed by atoms with Crippen LogP contribution in [0.2, 0.25) is 0 Å². The average molecular weight is 207 g/mol. The molecule has 1 aromatic rings. The molecule has 2 fully saturated rings. The molecule has 1 aliphatic heterocycles. The van der Waals surface area contributed by atoms with E-state index in [4.69, 9.17) is 4.74 Å². The third-order valence-corrected chi connectivity index (χ3v) is 3.44. The van der Waals surface area contributed by atoms with Crippen LogP contribution < -0.4 is 10.1 Å². The van der Waals surface area contributed by atoms with E-state index in [9.17, 15) is 4.39 Å². The Kier molecular flexibility index (Phi) is 1.96. The fourth-order valence-electron chi connectivity index (χ4n) is 2.46. The first kappa shape index (κ1) is 9.16. The van der Waals surface area contributed by atoms with Crippen molar-refractivity contribution in [1.82, 2.24) is 5.32 Å². The first-order valence-corrected chi connectivity index (χ1v) is 5.39. The second-order valence-corrected chi connectivity index (χ2v) is 4.71. The van der Waals surface area contributed by atoms with Crippen molar-refractivity contribution >= 4 is 0 Å². The molecule has 1 N–H and O–H groups in total. The van der Waals surface area contributed by atoms with Gasteiger partial charge in [0.25, 0.3) is 0 Å². The van der Waals surface area contributed by atoms with Crippen molar-refractivity contribution in [3.63, 3.8) is 0 Å². The third kappa shape index (κ3) is 1.61. The van der Waals surface area contributed by atoms with Crippen molar-refractivity contribution in [2.45, 2.75) is 18.9 Å². The number of benzene rings is 1. The molecule has 0 amide bonds. The molecule has 15 heavy (non-hydrogen) atoms. The Morgan fingerprint density at radius 3 is 2.40 bits per heavy atom. The third-order valence-electron chi connectivity index (χ3n) is 3.44. The maximum absolute atomic E-state index is 12.6. The summed E-state index contributed by atoms with van der Waals surface area (Å²) in [5.74, 6) is 0.569. The highest BCUT2D eigenvalue weighted by Crippen LogP contribution is 2.45. The highest BCUT2D eigenvalue weighted by atomic mass is 19.1. The van der Waals surface area contributed by atoms with Gasteiger partial charge in [-0.1, -0.05) is 0 Å². The molecule has 0 bridgehead atoms. The Morgan fingerprint density at radius 2 is 1.87 bits per heavy atom. The van der Waals surface area contributed by atoms with Crippen molar-refractivity contribution < 1.29 is 9.13 Å². The molecule has 2 aliphatic rings. The fraction of sp³-hybridized carbons (Fsp3) is 0.500. The highest BCUT2D eigenvalue weighted by molar-refractivity contribution is 5.23. The fourth-order valence-corrected chi connectivity index (χ4v) is 2.46. The predicted molar refractivity (Wildman–Crippen MR) is 55.4 cm³/mol. The predicted octanol–water partition coefficient (Wildman–Crippen LogP) is 1.96. The molecule has 1 aliphatic carbocycles. The van der Waals surface area contributed by atoms with Gasteiger partial charge in [0.15, 0.2) is 0 Å². The molecule has 1 aromatic carbocycles.